The summed E-state index contributed by atoms with van der Waals surface area (Å²) in [6.07, 6.45) is 10.5. The fourth-order valence-electron chi connectivity index (χ4n) is 4.99. The lowest BCUT2D eigenvalue weighted by Gasteiger charge is -2.32. The van der Waals surface area contributed by atoms with Gasteiger partial charge in [0.25, 0.3) is 0 Å². The Labute approximate surface area is 194 Å². The number of piperidine rings is 1. The molecule has 2 fully saturated rings. The number of ether oxygens (including phenoxy) is 1. The van der Waals surface area contributed by atoms with Crippen LogP contribution in [-0.4, -0.2) is 34.6 Å². The average Bonchev–Trinajstić information content (AvgIpc) is 3.48. The maximum absolute atomic E-state index is 14.5. The number of aromatic nitrogens is 3. The lowest BCUT2D eigenvalue weighted by atomic mass is 9.90. The van der Waals surface area contributed by atoms with Crippen LogP contribution in [0.1, 0.15) is 48.5 Å². The van der Waals surface area contributed by atoms with Crippen molar-refractivity contribution in [3.63, 3.8) is 0 Å². The predicted molar refractivity (Wildman–Crippen MR) is 124 cm³/mol. The van der Waals surface area contributed by atoms with E-state index in [0.29, 0.717) is 30.2 Å². The molecule has 1 aliphatic heterocycles. The first-order valence-corrected chi connectivity index (χ1v) is 11.9. The standard InChI is InChI=1S/C26H31FN4O2/c1-17-14-29-26(30-15-17)31-8-5-19(6-9-31)23-11-20(23)7-10-32-22-4-3-21(24(27)13-22)12-25-28-16-18(2)33-25/h3-4,13-16,19-20,23H,5-12H2,1-2H3/t20-,23-/m1/s1. The SMILES string of the molecule is Cc1cnc(N2CCC([C@H]3C[C@H]3CCOc3ccc(Cc4ncc(C)o4)c(F)c3)CC2)nc1. The Kier molecular flexibility index (Phi) is 6.29. The highest BCUT2D eigenvalue weighted by atomic mass is 19.1. The zero-order valence-corrected chi connectivity index (χ0v) is 19.3. The summed E-state index contributed by atoms with van der Waals surface area (Å²) in [4.78, 5) is 15.4. The van der Waals surface area contributed by atoms with Gasteiger partial charge in [0.05, 0.1) is 19.2 Å². The van der Waals surface area contributed by atoms with Crippen molar-refractivity contribution in [2.45, 2.75) is 46.0 Å². The number of hydrogen-bond donors (Lipinski definition) is 0. The summed E-state index contributed by atoms with van der Waals surface area (Å²) in [6, 6.07) is 5.06. The second-order valence-electron chi connectivity index (χ2n) is 9.48. The Morgan fingerprint density at radius 2 is 1.88 bits per heavy atom. The molecule has 2 aliphatic rings. The summed E-state index contributed by atoms with van der Waals surface area (Å²) >= 11 is 0. The smallest absolute Gasteiger partial charge is 0.225 e. The van der Waals surface area contributed by atoms with Crippen LogP contribution < -0.4 is 9.64 Å². The first kappa shape index (κ1) is 21.9. The number of rotatable bonds is 8. The van der Waals surface area contributed by atoms with Gasteiger partial charge in [0.1, 0.15) is 17.3 Å². The minimum atomic E-state index is -0.281. The van der Waals surface area contributed by atoms with Gasteiger partial charge in [0.15, 0.2) is 5.89 Å². The van der Waals surface area contributed by atoms with Gasteiger partial charge in [-0.15, -0.1) is 0 Å². The third kappa shape index (κ3) is 5.34. The summed E-state index contributed by atoms with van der Waals surface area (Å²) in [5.74, 6) is 4.74. The van der Waals surface area contributed by atoms with Crippen LogP contribution in [0.3, 0.4) is 0 Å². The number of aryl methyl sites for hydroxylation is 2. The Morgan fingerprint density at radius 1 is 1.09 bits per heavy atom. The van der Waals surface area contributed by atoms with Gasteiger partial charge in [-0.25, -0.2) is 19.3 Å². The molecule has 0 unspecified atom stereocenters. The molecule has 0 N–H and O–H groups in total. The van der Waals surface area contributed by atoms with Crippen molar-refractivity contribution in [1.29, 1.82) is 0 Å². The second kappa shape index (κ2) is 9.49. The molecule has 6 nitrogen and oxygen atoms in total. The molecule has 7 heteroatoms. The summed E-state index contributed by atoms with van der Waals surface area (Å²) in [5.41, 5.74) is 1.66. The number of oxazole rings is 1. The van der Waals surface area contributed by atoms with Crippen LogP contribution in [0.5, 0.6) is 5.75 Å². The lowest BCUT2D eigenvalue weighted by molar-refractivity contribution is 0.283. The van der Waals surface area contributed by atoms with Crippen molar-refractivity contribution in [3.05, 3.63) is 65.4 Å². The number of hydrogen-bond acceptors (Lipinski definition) is 6. The molecule has 0 spiro atoms. The van der Waals surface area contributed by atoms with E-state index in [1.807, 2.05) is 32.3 Å². The Hall–Kier alpha value is -2.96. The highest BCUT2D eigenvalue weighted by Gasteiger charge is 2.43. The Morgan fingerprint density at radius 3 is 2.58 bits per heavy atom. The fourth-order valence-corrected chi connectivity index (χ4v) is 4.99. The van der Waals surface area contributed by atoms with Crippen LogP contribution in [0.15, 0.2) is 41.2 Å². The molecule has 1 saturated carbocycles. The number of nitrogens with zero attached hydrogens (tertiary/aromatic N) is 4. The van der Waals surface area contributed by atoms with E-state index in [4.69, 9.17) is 9.15 Å². The van der Waals surface area contributed by atoms with E-state index >= 15 is 0 Å². The summed E-state index contributed by atoms with van der Waals surface area (Å²) < 4.78 is 25.8. The van der Waals surface area contributed by atoms with Crippen molar-refractivity contribution in [2.75, 3.05) is 24.6 Å². The van der Waals surface area contributed by atoms with Gasteiger partial charge in [-0.3, -0.25) is 0 Å². The molecule has 5 rings (SSSR count). The van der Waals surface area contributed by atoms with Gasteiger partial charge in [-0.05, 0) is 74.5 Å². The van der Waals surface area contributed by atoms with Crippen LogP contribution in [0.25, 0.3) is 0 Å². The van der Waals surface area contributed by atoms with Gasteiger partial charge in [0.2, 0.25) is 5.95 Å². The van der Waals surface area contributed by atoms with Crippen LogP contribution in [0, 0.1) is 37.4 Å². The maximum atomic E-state index is 14.5. The first-order valence-electron chi connectivity index (χ1n) is 11.9. The molecule has 1 saturated heterocycles. The van der Waals surface area contributed by atoms with Gasteiger partial charge in [-0.1, -0.05) is 6.07 Å². The maximum Gasteiger partial charge on any atom is 0.225 e. The van der Waals surface area contributed by atoms with Gasteiger partial charge < -0.3 is 14.1 Å². The Bertz CT molecular complexity index is 1080. The van der Waals surface area contributed by atoms with Crippen LogP contribution in [-0.2, 0) is 6.42 Å². The molecule has 1 aliphatic carbocycles. The summed E-state index contributed by atoms with van der Waals surface area (Å²) in [7, 11) is 0. The van der Waals surface area contributed by atoms with Crippen LogP contribution >= 0.6 is 0 Å². The van der Waals surface area contributed by atoms with E-state index < -0.39 is 0 Å². The van der Waals surface area contributed by atoms with Gasteiger partial charge in [-0.2, -0.15) is 0 Å². The van der Waals surface area contributed by atoms with Crippen molar-refractivity contribution in [1.82, 2.24) is 15.0 Å². The van der Waals surface area contributed by atoms with Crippen molar-refractivity contribution in [3.8, 4) is 5.75 Å². The zero-order chi connectivity index (χ0) is 22.8. The quantitative estimate of drug-likeness (QED) is 0.474. The molecule has 0 radical (unpaired) electrons. The Balaban J connectivity index is 1.04. The molecular weight excluding hydrogens is 419 g/mol. The predicted octanol–water partition coefficient (Wildman–Crippen LogP) is 5.13. The van der Waals surface area contributed by atoms with Crippen LogP contribution in [0.4, 0.5) is 10.3 Å². The molecule has 3 heterocycles. The van der Waals surface area contributed by atoms with Crippen molar-refractivity contribution < 1.29 is 13.5 Å². The summed E-state index contributed by atoms with van der Waals surface area (Å²) in [6.45, 7) is 6.55. The van der Waals surface area contributed by atoms with Crippen LogP contribution in [0.2, 0.25) is 0 Å². The fraction of sp³-hybridized carbons (Fsp3) is 0.500. The molecule has 33 heavy (non-hydrogen) atoms. The number of benzene rings is 1. The summed E-state index contributed by atoms with van der Waals surface area (Å²) in [5, 5.41) is 0. The second-order valence-corrected chi connectivity index (χ2v) is 9.48. The molecule has 0 amide bonds. The highest BCUT2D eigenvalue weighted by Crippen LogP contribution is 2.49. The van der Waals surface area contributed by atoms with E-state index in [9.17, 15) is 4.39 Å². The first-order chi connectivity index (χ1) is 16.0. The van der Waals surface area contributed by atoms with E-state index in [1.54, 1.807) is 12.3 Å². The minimum absolute atomic E-state index is 0.281. The topological polar surface area (TPSA) is 64.3 Å². The van der Waals surface area contributed by atoms with Gasteiger partial charge in [0, 0.05) is 31.5 Å². The normalized spacial score (nSPS) is 20.8. The molecule has 174 valence electrons. The van der Waals surface area contributed by atoms with Gasteiger partial charge >= 0.3 is 0 Å². The molecular formula is C26H31FN4O2. The van der Waals surface area contributed by atoms with E-state index in [0.717, 1.165) is 54.5 Å². The molecule has 3 aromatic rings. The molecule has 1 aromatic carbocycles. The third-order valence-electron chi connectivity index (χ3n) is 6.97. The zero-order valence-electron chi connectivity index (χ0n) is 19.3. The lowest BCUT2D eigenvalue weighted by Crippen LogP contribution is -2.35. The third-order valence-corrected chi connectivity index (χ3v) is 6.97. The molecule has 2 aromatic heterocycles. The minimum Gasteiger partial charge on any atom is -0.493 e. The monoisotopic (exact) mass is 450 g/mol. The van der Waals surface area contributed by atoms with E-state index in [-0.39, 0.29) is 5.82 Å². The van der Waals surface area contributed by atoms with Crippen molar-refractivity contribution in [2.24, 2.45) is 17.8 Å². The number of anilines is 1. The number of halogens is 1. The molecule has 0 bridgehead atoms. The molecule has 2 atom stereocenters. The average molecular weight is 451 g/mol. The van der Waals surface area contributed by atoms with E-state index in [2.05, 4.69) is 19.9 Å². The highest BCUT2D eigenvalue weighted by molar-refractivity contribution is 5.31. The van der Waals surface area contributed by atoms with E-state index in [1.165, 1.54) is 25.3 Å². The largest absolute Gasteiger partial charge is 0.493 e. The van der Waals surface area contributed by atoms with Crippen molar-refractivity contribution >= 4 is 5.95 Å².